The lowest BCUT2D eigenvalue weighted by Crippen LogP contribution is -2.24. The van der Waals surface area contributed by atoms with Gasteiger partial charge in [0.05, 0.1) is 26.4 Å². The van der Waals surface area contributed by atoms with Crippen molar-refractivity contribution < 1.29 is 19.3 Å². The molecule has 2 atom stereocenters. The fourth-order valence-corrected chi connectivity index (χ4v) is 1.71. The lowest BCUT2D eigenvalue weighted by atomic mass is 10.1. The highest BCUT2D eigenvalue weighted by Gasteiger charge is 2.11. The number of aliphatic hydroxyl groups excluding tert-OH is 1. The monoisotopic (exact) mass is 280 g/mol. The van der Waals surface area contributed by atoms with Crippen molar-refractivity contribution in [3.8, 4) is 11.5 Å². The van der Waals surface area contributed by atoms with Gasteiger partial charge < -0.3 is 19.3 Å². The maximum Gasteiger partial charge on any atom is 0.161 e. The fraction of sp³-hybridized carbons (Fsp3) is 0.500. The molecule has 0 radical (unpaired) electrons. The molecule has 0 aromatic heterocycles. The molecular formula is C16H24O4. The van der Waals surface area contributed by atoms with Crippen LogP contribution in [0.3, 0.4) is 0 Å². The van der Waals surface area contributed by atoms with Crippen molar-refractivity contribution in [2.75, 3.05) is 20.3 Å². The Morgan fingerprint density at radius 2 is 2.00 bits per heavy atom. The van der Waals surface area contributed by atoms with E-state index in [-0.39, 0.29) is 18.8 Å². The molecule has 1 N–H and O–H groups in total. The van der Waals surface area contributed by atoms with Crippen LogP contribution < -0.4 is 9.47 Å². The van der Waals surface area contributed by atoms with Crippen LogP contribution in [0.25, 0.3) is 0 Å². The van der Waals surface area contributed by atoms with E-state index >= 15 is 0 Å². The first-order chi connectivity index (χ1) is 9.60. The summed E-state index contributed by atoms with van der Waals surface area (Å²) < 4.78 is 16.6. The third kappa shape index (κ3) is 5.23. The van der Waals surface area contributed by atoms with E-state index in [1.807, 2.05) is 38.1 Å². The summed E-state index contributed by atoms with van der Waals surface area (Å²) in [4.78, 5) is 0. The Labute approximate surface area is 121 Å². The molecule has 0 aliphatic heterocycles. The quantitative estimate of drug-likeness (QED) is 0.706. The van der Waals surface area contributed by atoms with E-state index in [1.165, 1.54) is 0 Å². The molecule has 0 saturated heterocycles. The van der Waals surface area contributed by atoms with Gasteiger partial charge in [0.25, 0.3) is 0 Å². The number of hydrogen-bond donors (Lipinski definition) is 1. The van der Waals surface area contributed by atoms with Crippen LogP contribution in [0.15, 0.2) is 30.9 Å². The minimum absolute atomic E-state index is 0.00624. The Bertz CT molecular complexity index is 417. The van der Waals surface area contributed by atoms with E-state index in [9.17, 15) is 0 Å². The summed E-state index contributed by atoms with van der Waals surface area (Å²) in [5, 5.41) is 8.91. The topological polar surface area (TPSA) is 47.9 Å². The summed E-state index contributed by atoms with van der Waals surface area (Å²) in [6, 6.07) is 5.83. The van der Waals surface area contributed by atoms with Gasteiger partial charge in [-0.3, -0.25) is 0 Å². The van der Waals surface area contributed by atoms with Crippen molar-refractivity contribution >= 4 is 0 Å². The van der Waals surface area contributed by atoms with Crippen molar-refractivity contribution in [1.29, 1.82) is 0 Å². The predicted molar refractivity (Wildman–Crippen MR) is 79.5 cm³/mol. The van der Waals surface area contributed by atoms with Crippen LogP contribution in [-0.2, 0) is 11.2 Å². The first-order valence-corrected chi connectivity index (χ1v) is 6.77. The molecule has 112 valence electrons. The molecule has 4 nitrogen and oxygen atoms in total. The van der Waals surface area contributed by atoms with Crippen LogP contribution in [0, 0.1) is 0 Å². The minimum Gasteiger partial charge on any atom is -0.493 e. The van der Waals surface area contributed by atoms with Crippen molar-refractivity contribution in [1.82, 2.24) is 0 Å². The molecule has 0 aliphatic carbocycles. The summed E-state index contributed by atoms with van der Waals surface area (Å²) >= 11 is 0. The number of allylic oxidation sites excluding steroid dienone is 1. The van der Waals surface area contributed by atoms with Gasteiger partial charge in [-0.2, -0.15) is 0 Å². The van der Waals surface area contributed by atoms with Crippen molar-refractivity contribution in [3.05, 3.63) is 36.4 Å². The molecule has 0 bridgehead atoms. The van der Waals surface area contributed by atoms with Gasteiger partial charge in [-0.05, 0) is 38.0 Å². The third-order valence-corrected chi connectivity index (χ3v) is 2.81. The summed E-state index contributed by atoms with van der Waals surface area (Å²) in [6.45, 7) is 7.88. The largest absolute Gasteiger partial charge is 0.493 e. The second-order valence-corrected chi connectivity index (χ2v) is 4.73. The minimum atomic E-state index is -0.182. The standard InChI is InChI=1S/C16H24O4/c1-5-6-14-7-8-15(16(9-14)18-4)20-13(3)11-19-12(2)10-17/h5,7-9,12-13,17H,1,6,10-11H2,2-4H3. The normalized spacial score (nSPS) is 13.6. The van der Waals surface area contributed by atoms with Gasteiger partial charge in [0.15, 0.2) is 11.5 Å². The molecule has 1 rings (SSSR count). The van der Waals surface area contributed by atoms with Crippen LogP contribution in [0.2, 0.25) is 0 Å². The molecule has 1 aromatic rings. The SMILES string of the molecule is C=CCc1ccc(OC(C)COC(C)CO)c(OC)c1. The zero-order valence-electron chi connectivity index (χ0n) is 12.5. The number of rotatable bonds is 9. The van der Waals surface area contributed by atoms with E-state index in [0.29, 0.717) is 18.1 Å². The Morgan fingerprint density at radius 3 is 2.60 bits per heavy atom. The van der Waals surface area contributed by atoms with Gasteiger partial charge in [-0.15, -0.1) is 6.58 Å². The van der Waals surface area contributed by atoms with Crippen LogP contribution >= 0.6 is 0 Å². The highest BCUT2D eigenvalue weighted by molar-refractivity contribution is 5.43. The number of ether oxygens (including phenoxy) is 3. The van der Waals surface area contributed by atoms with E-state index in [4.69, 9.17) is 19.3 Å². The second kappa shape index (κ2) is 8.61. The van der Waals surface area contributed by atoms with E-state index in [1.54, 1.807) is 7.11 Å². The first-order valence-electron chi connectivity index (χ1n) is 6.77. The summed E-state index contributed by atoms with van der Waals surface area (Å²) in [6.07, 6.45) is 2.34. The van der Waals surface area contributed by atoms with Crippen LogP contribution in [0.1, 0.15) is 19.4 Å². The molecule has 1 aromatic carbocycles. The summed E-state index contributed by atoms with van der Waals surface area (Å²) in [5.74, 6) is 1.39. The molecule has 0 heterocycles. The van der Waals surface area contributed by atoms with Gasteiger partial charge in [0, 0.05) is 0 Å². The van der Waals surface area contributed by atoms with Crippen molar-refractivity contribution in [3.63, 3.8) is 0 Å². The highest BCUT2D eigenvalue weighted by atomic mass is 16.6. The Morgan fingerprint density at radius 1 is 1.25 bits per heavy atom. The number of aliphatic hydroxyl groups is 1. The maximum absolute atomic E-state index is 8.91. The Balaban J connectivity index is 2.64. The third-order valence-electron chi connectivity index (χ3n) is 2.81. The molecule has 0 fully saturated rings. The van der Waals surface area contributed by atoms with Gasteiger partial charge >= 0.3 is 0 Å². The predicted octanol–water partition coefficient (Wildman–Crippen LogP) is 2.59. The van der Waals surface area contributed by atoms with Gasteiger partial charge in [-0.1, -0.05) is 12.1 Å². The lowest BCUT2D eigenvalue weighted by molar-refractivity contribution is -0.0114. The molecular weight excluding hydrogens is 256 g/mol. The maximum atomic E-state index is 8.91. The average molecular weight is 280 g/mol. The highest BCUT2D eigenvalue weighted by Crippen LogP contribution is 2.29. The van der Waals surface area contributed by atoms with Crippen molar-refractivity contribution in [2.24, 2.45) is 0 Å². The van der Waals surface area contributed by atoms with Crippen LogP contribution in [-0.4, -0.2) is 37.6 Å². The summed E-state index contributed by atoms with van der Waals surface area (Å²) in [5.41, 5.74) is 1.13. The second-order valence-electron chi connectivity index (χ2n) is 4.73. The molecule has 0 spiro atoms. The number of benzene rings is 1. The molecule has 20 heavy (non-hydrogen) atoms. The average Bonchev–Trinajstić information content (AvgIpc) is 2.46. The van der Waals surface area contributed by atoms with Gasteiger partial charge in [0.1, 0.15) is 6.10 Å². The van der Waals surface area contributed by atoms with Gasteiger partial charge in [0.2, 0.25) is 0 Å². The Hall–Kier alpha value is -1.52. The molecule has 0 amide bonds. The molecule has 2 unspecified atom stereocenters. The number of hydrogen-bond acceptors (Lipinski definition) is 4. The summed E-state index contributed by atoms with van der Waals surface area (Å²) in [7, 11) is 1.62. The van der Waals surface area contributed by atoms with Crippen molar-refractivity contribution in [2.45, 2.75) is 32.5 Å². The first kappa shape index (κ1) is 16.5. The molecule has 0 saturated carbocycles. The zero-order valence-corrected chi connectivity index (χ0v) is 12.5. The fourth-order valence-electron chi connectivity index (χ4n) is 1.71. The van der Waals surface area contributed by atoms with Crippen LogP contribution in [0.5, 0.6) is 11.5 Å². The van der Waals surface area contributed by atoms with E-state index in [2.05, 4.69) is 6.58 Å². The van der Waals surface area contributed by atoms with Gasteiger partial charge in [-0.25, -0.2) is 0 Å². The lowest BCUT2D eigenvalue weighted by Gasteiger charge is -2.19. The molecule has 4 heteroatoms. The Kier molecular flexibility index (Phi) is 7.12. The zero-order chi connectivity index (χ0) is 15.0. The smallest absolute Gasteiger partial charge is 0.161 e. The van der Waals surface area contributed by atoms with E-state index in [0.717, 1.165) is 12.0 Å². The van der Waals surface area contributed by atoms with Crippen LogP contribution in [0.4, 0.5) is 0 Å². The molecule has 0 aliphatic rings. The number of methoxy groups -OCH3 is 1. The van der Waals surface area contributed by atoms with E-state index < -0.39 is 0 Å².